The van der Waals surface area contributed by atoms with Gasteiger partial charge in [0.1, 0.15) is 6.10 Å². The summed E-state index contributed by atoms with van der Waals surface area (Å²) in [6.45, 7) is 5.04. The maximum absolute atomic E-state index is 12.4. The number of likely N-dealkylation sites (tertiary alicyclic amines) is 1. The molecule has 3 rings (SSSR count). The van der Waals surface area contributed by atoms with Gasteiger partial charge in [0.15, 0.2) is 0 Å². The third-order valence-corrected chi connectivity index (χ3v) is 3.57. The molecular weight excluding hydrogens is 280 g/mol. The van der Waals surface area contributed by atoms with Crippen LogP contribution in [0.4, 0.5) is 0 Å². The van der Waals surface area contributed by atoms with Crippen molar-refractivity contribution in [2.45, 2.75) is 26.4 Å². The first-order valence-electron chi connectivity index (χ1n) is 7.30. The van der Waals surface area contributed by atoms with Crippen LogP contribution < -0.4 is 4.74 Å². The fourth-order valence-corrected chi connectivity index (χ4v) is 2.58. The van der Waals surface area contributed by atoms with Crippen LogP contribution in [0.2, 0.25) is 0 Å². The minimum atomic E-state index is -0.0678. The highest BCUT2D eigenvalue weighted by molar-refractivity contribution is 5.94. The van der Waals surface area contributed by atoms with Gasteiger partial charge in [-0.15, -0.1) is 0 Å². The minimum absolute atomic E-state index is 0.0134. The molecule has 1 atom stereocenters. The molecule has 1 aliphatic rings. The van der Waals surface area contributed by atoms with Gasteiger partial charge in [0.25, 0.3) is 5.91 Å². The normalized spacial score (nSPS) is 17.5. The van der Waals surface area contributed by atoms with E-state index in [9.17, 15) is 4.79 Å². The summed E-state index contributed by atoms with van der Waals surface area (Å²) in [6.07, 6.45) is 3.96. The van der Waals surface area contributed by atoms with E-state index in [1.54, 1.807) is 29.4 Å². The smallest absolute Gasteiger partial charge is 0.317 e. The number of amides is 1. The average Bonchev–Trinajstić information content (AvgIpc) is 2.95. The minimum Gasteiger partial charge on any atom is -0.458 e. The van der Waals surface area contributed by atoms with Gasteiger partial charge in [-0.25, -0.2) is 9.97 Å². The first kappa shape index (κ1) is 14.4. The predicted molar refractivity (Wildman–Crippen MR) is 80.7 cm³/mol. The molecule has 0 aliphatic carbocycles. The number of aryl methyl sites for hydroxylation is 2. The molecule has 0 spiro atoms. The number of carbonyl (C=O) groups excluding carboxylic acids is 1. The zero-order valence-electron chi connectivity index (χ0n) is 12.7. The van der Waals surface area contributed by atoms with Crippen molar-refractivity contribution in [3.63, 3.8) is 0 Å². The third kappa shape index (κ3) is 3.21. The van der Waals surface area contributed by atoms with Gasteiger partial charge < -0.3 is 9.64 Å². The lowest BCUT2D eigenvalue weighted by atomic mass is 10.2. The van der Waals surface area contributed by atoms with Crippen LogP contribution in [0.25, 0.3) is 0 Å². The lowest BCUT2D eigenvalue weighted by molar-refractivity contribution is 0.0769. The lowest BCUT2D eigenvalue weighted by Crippen LogP contribution is -2.31. The summed E-state index contributed by atoms with van der Waals surface area (Å²) in [4.78, 5) is 26.7. The summed E-state index contributed by atoms with van der Waals surface area (Å²) in [6, 6.07) is 5.83. The van der Waals surface area contributed by atoms with Gasteiger partial charge in [-0.2, -0.15) is 0 Å². The maximum atomic E-state index is 12.4. The molecule has 1 unspecified atom stereocenters. The molecule has 1 fully saturated rings. The van der Waals surface area contributed by atoms with Crippen molar-refractivity contribution in [2.24, 2.45) is 0 Å². The Morgan fingerprint density at radius 1 is 1.32 bits per heavy atom. The van der Waals surface area contributed by atoms with Crippen molar-refractivity contribution in [3.8, 4) is 6.01 Å². The summed E-state index contributed by atoms with van der Waals surface area (Å²) in [5.41, 5.74) is 2.36. The summed E-state index contributed by atoms with van der Waals surface area (Å²) in [5.74, 6) is -0.0134. The Hall–Kier alpha value is -2.50. The van der Waals surface area contributed by atoms with E-state index >= 15 is 0 Å². The highest BCUT2D eigenvalue weighted by Gasteiger charge is 2.29. The molecule has 1 aliphatic heterocycles. The second-order valence-corrected chi connectivity index (χ2v) is 5.45. The molecular formula is C16H18N4O2. The molecule has 22 heavy (non-hydrogen) atoms. The molecule has 0 saturated carbocycles. The van der Waals surface area contributed by atoms with Gasteiger partial charge in [0.2, 0.25) is 0 Å². The fraction of sp³-hybridized carbons (Fsp3) is 0.375. The van der Waals surface area contributed by atoms with Gasteiger partial charge in [0, 0.05) is 36.7 Å². The second-order valence-electron chi connectivity index (χ2n) is 5.45. The topological polar surface area (TPSA) is 68.2 Å². The van der Waals surface area contributed by atoms with Crippen molar-refractivity contribution in [3.05, 3.63) is 47.5 Å². The van der Waals surface area contributed by atoms with E-state index in [4.69, 9.17) is 4.74 Å². The van der Waals surface area contributed by atoms with E-state index in [2.05, 4.69) is 15.0 Å². The Morgan fingerprint density at radius 3 is 2.77 bits per heavy atom. The van der Waals surface area contributed by atoms with Crippen molar-refractivity contribution < 1.29 is 9.53 Å². The Morgan fingerprint density at radius 2 is 2.09 bits per heavy atom. The quantitative estimate of drug-likeness (QED) is 0.864. The number of aromatic nitrogens is 3. The number of pyridine rings is 1. The van der Waals surface area contributed by atoms with Crippen molar-refractivity contribution in [1.82, 2.24) is 19.9 Å². The summed E-state index contributed by atoms with van der Waals surface area (Å²) < 4.78 is 5.82. The van der Waals surface area contributed by atoms with Gasteiger partial charge in [-0.1, -0.05) is 0 Å². The summed E-state index contributed by atoms with van der Waals surface area (Å²) in [5, 5.41) is 0. The molecule has 1 saturated heterocycles. The van der Waals surface area contributed by atoms with E-state index in [1.807, 2.05) is 19.9 Å². The van der Waals surface area contributed by atoms with E-state index < -0.39 is 0 Å². The zero-order chi connectivity index (χ0) is 15.5. The van der Waals surface area contributed by atoms with Crippen LogP contribution in [0, 0.1) is 13.8 Å². The van der Waals surface area contributed by atoms with Gasteiger partial charge in [-0.3, -0.25) is 9.78 Å². The van der Waals surface area contributed by atoms with Gasteiger partial charge in [-0.05, 0) is 32.0 Å². The van der Waals surface area contributed by atoms with E-state index in [1.165, 1.54) is 0 Å². The zero-order valence-corrected chi connectivity index (χ0v) is 12.7. The maximum Gasteiger partial charge on any atom is 0.317 e. The predicted octanol–water partition coefficient (Wildman–Crippen LogP) is 1.78. The van der Waals surface area contributed by atoms with E-state index in [0.717, 1.165) is 17.8 Å². The van der Waals surface area contributed by atoms with Crippen LogP contribution >= 0.6 is 0 Å². The Kier molecular flexibility index (Phi) is 4.00. The standard InChI is InChI=1S/C16H18N4O2/c1-11-8-12(2)19-16(18-11)22-14-5-7-20(10-14)15(21)13-4-3-6-17-9-13/h3-4,6,8-9,14H,5,7,10H2,1-2H3. The molecule has 2 aromatic rings. The van der Waals surface area contributed by atoms with E-state index in [-0.39, 0.29) is 12.0 Å². The molecule has 6 heteroatoms. The van der Waals surface area contributed by atoms with Crippen LogP contribution in [0.15, 0.2) is 30.6 Å². The van der Waals surface area contributed by atoms with Crippen LogP contribution in [-0.2, 0) is 0 Å². The Bertz CT molecular complexity index is 655. The molecule has 2 aromatic heterocycles. The molecule has 0 aromatic carbocycles. The highest BCUT2D eigenvalue weighted by atomic mass is 16.5. The van der Waals surface area contributed by atoms with Crippen LogP contribution in [-0.4, -0.2) is 45.0 Å². The molecule has 0 N–H and O–H groups in total. The molecule has 6 nitrogen and oxygen atoms in total. The Balaban J connectivity index is 1.64. The number of rotatable bonds is 3. The largest absolute Gasteiger partial charge is 0.458 e. The monoisotopic (exact) mass is 298 g/mol. The SMILES string of the molecule is Cc1cc(C)nc(OC2CCN(C(=O)c3cccnc3)C2)n1. The molecule has 0 radical (unpaired) electrons. The summed E-state index contributed by atoms with van der Waals surface area (Å²) in [7, 11) is 0. The number of ether oxygens (including phenoxy) is 1. The number of hydrogen-bond donors (Lipinski definition) is 0. The molecule has 0 bridgehead atoms. The van der Waals surface area contributed by atoms with Crippen LogP contribution in [0.1, 0.15) is 28.2 Å². The van der Waals surface area contributed by atoms with Crippen LogP contribution in [0.5, 0.6) is 6.01 Å². The number of hydrogen-bond acceptors (Lipinski definition) is 5. The summed E-state index contributed by atoms with van der Waals surface area (Å²) >= 11 is 0. The highest BCUT2D eigenvalue weighted by Crippen LogP contribution is 2.18. The van der Waals surface area contributed by atoms with Crippen molar-refractivity contribution >= 4 is 5.91 Å². The second kappa shape index (κ2) is 6.09. The van der Waals surface area contributed by atoms with Crippen molar-refractivity contribution in [2.75, 3.05) is 13.1 Å². The van der Waals surface area contributed by atoms with E-state index in [0.29, 0.717) is 24.7 Å². The number of nitrogens with zero attached hydrogens (tertiary/aromatic N) is 4. The number of carbonyl (C=O) groups is 1. The van der Waals surface area contributed by atoms with Gasteiger partial charge in [0.05, 0.1) is 12.1 Å². The lowest BCUT2D eigenvalue weighted by Gasteiger charge is -2.16. The first-order valence-corrected chi connectivity index (χ1v) is 7.30. The molecule has 3 heterocycles. The van der Waals surface area contributed by atoms with Crippen LogP contribution in [0.3, 0.4) is 0 Å². The van der Waals surface area contributed by atoms with Crippen molar-refractivity contribution in [1.29, 1.82) is 0 Å². The average molecular weight is 298 g/mol. The fourth-order valence-electron chi connectivity index (χ4n) is 2.58. The van der Waals surface area contributed by atoms with Gasteiger partial charge >= 0.3 is 6.01 Å². The molecule has 1 amide bonds. The first-order chi connectivity index (χ1) is 10.6. The molecule has 114 valence electrons. The third-order valence-electron chi connectivity index (χ3n) is 3.57. The Labute approximate surface area is 129 Å².